The molecule has 1 aromatic carbocycles. The molecule has 2 rings (SSSR count). The quantitative estimate of drug-likeness (QED) is 0.645. The molecule has 0 spiro atoms. The van der Waals surface area contributed by atoms with E-state index in [-0.39, 0.29) is 10.7 Å². The summed E-state index contributed by atoms with van der Waals surface area (Å²) in [7, 11) is -2.28. The number of pyridine rings is 1. The van der Waals surface area contributed by atoms with Crippen LogP contribution in [0.3, 0.4) is 0 Å². The van der Waals surface area contributed by atoms with Gasteiger partial charge < -0.3 is 5.43 Å². The van der Waals surface area contributed by atoms with Crippen LogP contribution in [-0.2, 0) is 10.0 Å². The number of aromatic nitrogens is 1. The summed E-state index contributed by atoms with van der Waals surface area (Å²) in [6.45, 7) is 0. The van der Waals surface area contributed by atoms with E-state index in [1.54, 1.807) is 24.3 Å². The molecule has 0 aliphatic carbocycles. The van der Waals surface area contributed by atoms with Crippen molar-refractivity contribution in [1.82, 2.24) is 4.98 Å². The van der Waals surface area contributed by atoms with Crippen molar-refractivity contribution in [1.29, 1.82) is 0 Å². The van der Waals surface area contributed by atoms with E-state index in [1.807, 2.05) is 6.07 Å². The molecule has 1 aromatic heterocycles. The van der Waals surface area contributed by atoms with Crippen molar-refractivity contribution >= 4 is 37.5 Å². The van der Waals surface area contributed by atoms with Gasteiger partial charge in [0.2, 0.25) is 0 Å². The van der Waals surface area contributed by atoms with Crippen LogP contribution in [0.15, 0.2) is 52.0 Å². The molecule has 0 bridgehead atoms. The van der Waals surface area contributed by atoms with E-state index < -0.39 is 10.0 Å². The smallest absolute Gasteiger partial charge is 0.267 e. The van der Waals surface area contributed by atoms with Gasteiger partial charge in [0.15, 0.2) is 5.82 Å². The number of hydrazine groups is 1. The highest BCUT2D eigenvalue weighted by atomic mass is 79.9. The number of nitrogens with one attached hydrogen (secondary N) is 1. The second-order valence-corrected chi connectivity index (χ2v) is 6.81. The molecular formula is C12H13BrN4O2S. The van der Waals surface area contributed by atoms with Gasteiger partial charge >= 0.3 is 0 Å². The van der Waals surface area contributed by atoms with Crippen molar-refractivity contribution < 1.29 is 8.42 Å². The Morgan fingerprint density at radius 2 is 1.95 bits per heavy atom. The van der Waals surface area contributed by atoms with Crippen molar-refractivity contribution in [3.63, 3.8) is 0 Å². The second-order valence-electron chi connectivity index (χ2n) is 3.95. The van der Waals surface area contributed by atoms with Gasteiger partial charge in [-0.15, -0.1) is 0 Å². The van der Waals surface area contributed by atoms with Crippen molar-refractivity contribution in [2.45, 2.75) is 4.90 Å². The third kappa shape index (κ3) is 2.77. The zero-order valence-electron chi connectivity index (χ0n) is 10.6. The molecule has 0 saturated carbocycles. The predicted molar refractivity (Wildman–Crippen MR) is 81.8 cm³/mol. The fraction of sp³-hybridized carbons (Fsp3) is 0.0833. The van der Waals surface area contributed by atoms with E-state index >= 15 is 0 Å². The summed E-state index contributed by atoms with van der Waals surface area (Å²) in [4.78, 5) is 3.95. The summed E-state index contributed by atoms with van der Waals surface area (Å²) in [5, 5.41) is 0. The SMILES string of the molecule is CN(c1ccccc1)S(=O)(=O)c1cc(Br)cnc1NN. The lowest BCUT2D eigenvalue weighted by atomic mass is 10.3. The number of anilines is 2. The van der Waals surface area contributed by atoms with Gasteiger partial charge in [-0.1, -0.05) is 18.2 Å². The molecule has 20 heavy (non-hydrogen) atoms. The van der Waals surface area contributed by atoms with Crippen LogP contribution >= 0.6 is 15.9 Å². The highest BCUT2D eigenvalue weighted by Gasteiger charge is 2.25. The van der Waals surface area contributed by atoms with Crippen LogP contribution < -0.4 is 15.6 Å². The van der Waals surface area contributed by atoms with Crippen LogP contribution in [0.1, 0.15) is 0 Å². The third-order valence-corrected chi connectivity index (χ3v) is 4.95. The second kappa shape index (κ2) is 5.78. The Hall–Kier alpha value is -1.64. The maximum absolute atomic E-state index is 12.6. The summed E-state index contributed by atoms with van der Waals surface area (Å²) >= 11 is 3.21. The molecule has 0 fully saturated rings. The van der Waals surface area contributed by atoms with Gasteiger partial charge in [0.25, 0.3) is 10.0 Å². The number of hydrogen-bond acceptors (Lipinski definition) is 5. The predicted octanol–water partition coefficient (Wildman–Crippen LogP) is 1.95. The van der Waals surface area contributed by atoms with Crippen LogP contribution in [0.5, 0.6) is 0 Å². The lowest BCUT2D eigenvalue weighted by molar-refractivity contribution is 0.594. The first kappa shape index (κ1) is 14.8. The van der Waals surface area contributed by atoms with Gasteiger partial charge in [0.1, 0.15) is 4.90 Å². The number of benzene rings is 1. The maximum atomic E-state index is 12.6. The number of para-hydroxylation sites is 1. The highest BCUT2D eigenvalue weighted by Crippen LogP contribution is 2.27. The van der Waals surface area contributed by atoms with E-state index in [1.165, 1.54) is 23.6 Å². The van der Waals surface area contributed by atoms with Gasteiger partial charge in [-0.05, 0) is 34.1 Å². The van der Waals surface area contributed by atoms with E-state index in [4.69, 9.17) is 5.84 Å². The van der Waals surface area contributed by atoms with E-state index in [9.17, 15) is 8.42 Å². The fourth-order valence-electron chi connectivity index (χ4n) is 1.65. The summed E-state index contributed by atoms with van der Waals surface area (Å²) in [5.74, 6) is 5.42. The molecule has 1 heterocycles. The number of nitrogens with two attached hydrogens (primary N) is 1. The number of nitrogen functional groups attached to an aromatic ring is 1. The summed E-state index contributed by atoms with van der Waals surface area (Å²) in [6, 6.07) is 10.2. The Kier molecular flexibility index (Phi) is 4.26. The molecule has 0 unspecified atom stereocenters. The van der Waals surface area contributed by atoms with Gasteiger partial charge in [0.05, 0.1) is 5.69 Å². The van der Waals surface area contributed by atoms with Crippen molar-refractivity contribution in [3.05, 3.63) is 47.1 Å². The molecule has 2 aromatic rings. The van der Waals surface area contributed by atoms with E-state index in [0.29, 0.717) is 10.2 Å². The molecule has 106 valence electrons. The molecule has 0 radical (unpaired) electrons. The Morgan fingerprint density at radius 1 is 1.30 bits per heavy atom. The standard InChI is InChI=1S/C12H13BrN4O2S/c1-17(10-5-3-2-4-6-10)20(18,19)11-7-9(13)8-15-12(11)16-14/h2-8H,14H2,1H3,(H,15,16). The highest BCUT2D eigenvalue weighted by molar-refractivity contribution is 9.10. The number of rotatable bonds is 4. The van der Waals surface area contributed by atoms with E-state index in [2.05, 4.69) is 26.3 Å². The molecule has 8 heteroatoms. The molecule has 0 amide bonds. The zero-order valence-corrected chi connectivity index (χ0v) is 13.0. The molecule has 0 atom stereocenters. The lowest BCUT2D eigenvalue weighted by Gasteiger charge is -2.20. The monoisotopic (exact) mass is 356 g/mol. The van der Waals surface area contributed by atoms with Crippen LogP contribution in [0.4, 0.5) is 11.5 Å². The first-order valence-corrected chi connectivity index (χ1v) is 7.86. The first-order valence-electron chi connectivity index (χ1n) is 5.63. The van der Waals surface area contributed by atoms with Gasteiger partial charge in [-0.25, -0.2) is 19.2 Å². The average molecular weight is 357 g/mol. The van der Waals surface area contributed by atoms with Crippen LogP contribution in [-0.4, -0.2) is 20.4 Å². The summed E-state index contributed by atoms with van der Waals surface area (Å²) < 4.78 is 27.0. The summed E-state index contributed by atoms with van der Waals surface area (Å²) in [6.07, 6.45) is 1.47. The van der Waals surface area contributed by atoms with Crippen LogP contribution in [0.2, 0.25) is 0 Å². The van der Waals surface area contributed by atoms with Gasteiger partial charge in [0, 0.05) is 17.7 Å². The topological polar surface area (TPSA) is 88.3 Å². The Labute approximate surface area is 125 Å². The average Bonchev–Trinajstić information content (AvgIpc) is 2.47. The van der Waals surface area contributed by atoms with Crippen molar-refractivity contribution in [2.24, 2.45) is 5.84 Å². The minimum atomic E-state index is -3.76. The van der Waals surface area contributed by atoms with E-state index in [0.717, 1.165) is 0 Å². The largest absolute Gasteiger partial charge is 0.307 e. The molecular weight excluding hydrogens is 344 g/mol. The number of nitrogens with zero attached hydrogens (tertiary/aromatic N) is 2. The molecule has 3 N–H and O–H groups in total. The van der Waals surface area contributed by atoms with Crippen LogP contribution in [0, 0.1) is 0 Å². The van der Waals surface area contributed by atoms with Crippen molar-refractivity contribution in [3.8, 4) is 0 Å². The molecule has 0 aliphatic rings. The third-order valence-electron chi connectivity index (χ3n) is 2.71. The minimum absolute atomic E-state index is 0.000674. The van der Waals surface area contributed by atoms with Gasteiger partial charge in [-0.2, -0.15) is 0 Å². The van der Waals surface area contributed by atoms with Crippen LogP contribution in [0.25, 0.3) is 0 Å². The number of hydrogen-bond donors (Lipinski definition) is 2. The lowest BCUT2D eigenvalue weighted by Crippen LogP contribution is -2.28. The first-order chi connectivity index (χ1) is 9.46. The van der Waals surface area contributed by atoms with Crippen molar-refractivity contribution in [2.75, 3.05) is 16.8 Å². The number of sulfonamides is 1. The minimum Gasteiger partial charge on any atom is -0.307 e. The molecule has 6 nitrogen and oxygen atoms in total. The Balaban J connectivity index is 2.53. The number of halogens is 1. The Morgan fingerprint density at radius 3 is 2.55 bits per heavy atom. The fourth-order valence-corrected chi connectivity index (χ4v) is 3.46. The molecule has 0 aliphatic heterocycles. The molecule has 0 saturated heterocycles. The summed E-state index contributed by atoms with van der Waals surface area (Å²) in [5.41, 5.74) is 2.85. The van der Waals surface area contributed by atoms with Gasteiger partial charge in [-0.3, -0.25) is 4.31 Å². The normalized spacial score (nSPS) is 11.2. The zero-order chi connectivity index (χ0) is 14.8. The Bertz CT molecular complexity index is 707. The maximum Gasteiger partial charge on any atom is 0.267 e.